The molecule has 0 amide bonds. The minimum Gasteiger partial charge on any atom is -0.0648 e. The highest BCUT2D eigenvalue weighted by atomic mass is 14.2. The Labute approximate surface area is 311 Å². The maximum absolute atomic E-state index is 2.39. The van der Waals surface area contributed by atoms with E-state index in [1.165, 1.54) is 118 Å². The Morgan fingerprint density at radius 1 is 0.255 bits per heavy atom. The molecule has 0 spiro atoms. The molecule has 0 bridgehead atoms. The van der Waals surface area contributed by atoms with Crippen molar-refractivity contribution in [3.8, 4) is 0 Å². The molecule has 0 nitrogen and oxygen atoms in total. The first-order valence-electron chi connectivity index (χ1n) is 20.5. The van der Waals surface area contributed by atoms with Gasteiger partial charge >= 0.3 is 0 Å². The molecule has 0 radical (unpaired) electrons. The Balaban J connectivity index is 1.17. The van der Waals surface area contributed by atoms with Gasteiger partial charge in [-0.2, -0.15) is 0 Å². The molecule has 0 aromatic heterocycles. The van der Waals surface area contributed by atoms with Gasteiger partial charge in [-0.05, 0) is 122 Å². The number of rotatable bonds is 23. The van der Waals surface area contributed by atoms with E-state index in [9.17, 15) is 0 Å². The van der Waals surface area contributed by atoms with Crippen LogP contribution >= 0.6 is 0 Å². The molecular weight excluding hydrogens is 613 g/mol. The van der Waals surface area contributed by atoms with Crippen LogP contribution in [0.5, 0.6) is 0 Å². The molecule has 5 rings (SSSR count). The fraction of sp³-hybridized carbons (Fsp3) is 0.412. The van der Waals surface area contributed by atoms with E-state index < -0.39 is 0 Å². The summed E-state index contributed by atoms with van der Waals surface area (Å²) < 4.78 is 0. The highest BCUT2D eigenvalue weighted by Gasteiger charge is 2.19. The van der Waals surface area contributed by atoms with E-state index in [0.717, 1.165) is 0 Å². The largest absolute Gasteiger partial charge is 0.0648 e. The molecule has 268 valence electrons. The number of hydrogen-bond acceptors (Lipinski definition) is 0. The van der Waals surface area contributed by atoms with Crippen molar-refractivity contribution in [3.05, 3.63) is 179 Å². The summed E-state index contributed by atoms with van der Waals surface area (Å²) in [6.45, 7) is 4.71. The van der Waals surface area contributed by atoms with Crippen LogP contribution in [-0.2, 0) is 0 Å². The second-order valence-electron chi connectivity index (χ2n) is 15.1. The van der Waals surface area contributed by atoms with E-state index >= 15 is 0 Å². The van der Waals surface area contributed by atoms with Gasteiger partial charge in [0.05, 0.1) is 0 Å². The summed E-state index contributed by atoms with van der Waals surface area (Å²) in [5, 5.41) is 0. The van der Waals surface area contributed by atoms with Gasteiger partial charge in [-0.25, -0.2) is 0 Å². The van der Waals surface area contributed by atoms with Crippen molar-refractivity contribution >= 4 is 0 Å². The lowest BCUT2D eigenvalue weighted by atomic mass is 9.82. The first-order chi connectivity index (χ1) is 25.2. The van der Waals surface area contributed by atoms with E-state index in [2.05, 4.69) is 166 Å². The van der Waals surface area contributed by atoms with Crippen LogP contribution in [-0.4, -0.2) is 0 Å². The molecular formula is C51H64. The van der Waals surface area contributed by atoms with Crippen LogP contribution in [0.3, 0.4) is 0 Å². The molecule has 5 aromatic rings. The van der Waals surface area contributed by atoms with E-state index in [0.29, 0.717) is 29.6 Å². The first kappa shape index (κ1) is 38.3. The zero-order chi connectivity index (χ0) is 35.4. The van der Waals surface area contributed by atoms with Crippen LogP contribution < -0.4 is 0 Å². The molecule has 51 heavy (non-hydrogen) atoms. The summed E-state index contributed by atoms with van der Waals surface area (Å²) in [6, 6.07) is 56.6. The van der Waals surface area contributed by atoms with Gasteiger partial charge in [-0.1, -0.05) is 191 Å². The molecule has 4 unspecified atom stereocenters. The van der Waals surface area contributed by atoms with E-state index in [1.807, 2.05) is 0 Å². The maximum Gasteiger partial charge on any atom is -0.0162 e. The van der Waals surface area contributed by atoms with Crippen molar-refractivity contribution in [2.45, 2.75) is 133 Å². The summed E-state index contributed by atoms with van der Waals surface area (Å²) in [7, 11) is 0. The van der Waals surface area contributed by atoms with Crippen molar-refractivity contribution < 1.29 is 0 Å². The van der Waals surface area contributed by atoms with E-state index in [1.54, 1.807) is 0 Å². The molecule has 0 heteroatoms. The Hall–Kier alpha value is -3.90. The molecule has 0 aliphatic rings. The van der Waals surface area contributed by atoms with Crippen LogP contribution in [0.2, 0.25) is 0 Å². The summed E-state index contributed by atoms with van der Waals surface area (Å²) in [5.41, 5.74) is 7.62. The Bertz CT molecular complexity index is 1460. The Morgan fingerprint density at radius 2 is 0.431 bits per heavy atom. The van der Waals surface area contributed by atoms with Gasteiger partial charge in [-0.3, -0.25) is 0 Å². The van der Waals surface area contributed by atoms with Crippen molar-refractivity contribution in [2.24, 2.45) is 0 Å². The van der Waals surface area contributed by atoms with E-state index in [4.69, 9.17) is 0 Å². The molecule has 0 saturated heterocycles. The Kier molecular flexibility index (Phi) is 16.6. The monoisotopic (exact) mass is 677 g/mol. The van der Waals surface area contributed by atoms with Crippen molar-refractivity contribution in [1.82, 2.24) is 0 Å². The molecule has 0 aliphatic carbocycles. The zero-order valence-corrected chi connectivity index (χ0v) is 31.7. The molecule has 0 N–H and O–H groups in total. The van der Waals surface area contributed by atoms with Crippen LogP contribution in [0.25, 0.3) is 0 Å². The summed E-state index contributed by atoms with van der Waals surface area (Å²) in [4.78, 5) is 0. The minimum atomic E-state index is 0.629. The van der Waals surface area contributed by atoms with Gasteiger partial charge in [-0.15, -0.1) is 0 Å². The average Bonchev–Trinajstić information content (AvgIpc) is 3.20. The van der Waals surface area contributed by atoms with Gasteiger partial charge in [0.1, 0.15) is 0 Å². The van der Waals surface area contributed by atoms with Gasteiger partial charge in [0.25, 0.3) is 0 Å². The van der Waals surface area contributed by atoms with Crippen LogP contribution in [0.4, 0.5) is 0 Å². The SMILES string of the molecule is CCC(CCCC(CCCC(CCCC(CCCC(CC)c1ccccc1)c1ccccc1)c1ccccc1)c1ccccc1)c1ccccc1. The number of hydrogen-bond donors (Lipinski definition) is 0. The lowest BCUT2D eigenvalue weighted by molar-refractivity contribution is 0.438. The second-order valence-corrected chi connectivity index (χ2v) is 15.1. The Morgan fingerprint density at radius 3 is 0.627 bits per heavy atom. The third-order valence-electron chi connectivity index (χ3n) is 11.8. The molecule has 0 fully saturated rings. The quantitative estimate of drug-likeness (QED) is 0.0646. The summed E-state index contributed by atoms with van der Waals surface area (Å²) >= 11 is 0. The fourth-order valence-corrected chi connectivity index (χ4v) is 8.71. The lowest BCUT2D eigenvalue weighted by Crippen LogP contribution is -2.06. The zero-order valence-electron chi connectivity index (χ0n) is 31.7. The van der Waals surface area contributed by atoms with E-state index in [-0.39, 0.29) is 0 Å². The third-order valence-corrected chi connectivity index (χ3v) is 11.8. The third kappa shape index (κ3) is 12.7. The average molecular weight is 677 g/mol. The molecule has 0 aliphatic heterocycles. The van der Waals surface area contributed by atoms with Crippen LogP contribution in [0.15, 0.2) is 152 Å². The predicted molar refractivity (Wildman–Crippen MR) is 222 cm³/mol. The highest BCUT2D eigenvalue weighted by Crippen LogP contribution is 2.37. The smallest absolute Gasteiger partial charge is 0.0162 e. The standard InChI is InChI=1S/C51H64/c1-3-42(44-24-10-5-11-25-44)34-20-36-49(46-28-14-7-15-29-46)38-22-40-51(48-32-18-9-19-33-48)41-23-39-50(47-30-16-8-17-31-47)37-21-35-43(4-2)45-26-12-6-13-27-45/h5-19,24-33,42-43,49-51H,3-4,20-23,34-41H2,1-2H3. The lowest BCUT2D eigenvalue weighted by Gasteiger charge is -2.23. The molecule has 4 atom stereocenters. The van der Waals surface area contributed by atoms with Crippen LogP contribution in [0, 0.1) is 0 Å². The van der Waals surface area contributed by atoms with Crippen molar-refractivity contribution in [1.29, 1.82) is 0 Å². The minimum absolute atomic E-state index is 0.629. The second kappa shape index (κ2) is 22.1. The molecule has 0 saturated carbocycles. The summed E-state index contributed by atoms with van der Waals surface area (Å²) in [5.74, 6) is 3.25. The maximum atomic E-state index is 2.39. The van der Waals surface area contributed by atoms with Crippen LogP contribution in [0.1, 0.15) is 161 Å². The van der Waals surface area contributed by atoms with Gasteiger partial charge in [0, 0.05) is 0 Å². The fourth-order valence-electron chi connectivity index (χ4n) is 8.71. The summed E-state index contributed by atoms with van der Waals surface area (Å²) in [6.07, 6.45) is 17.8. The van der Waals surface area contributed by atoms with Gasteiger partial charge < -0.3 is 0 Å². The number of benzene rings is 5. The van der Waals surface area contributed by atoms with Gasteiger partial charge in [0.15, 0.2) is 0 Å². The first-order valence-corrected chi connectivity index (χ1v) is 20.5. The highest BCUT2D eigenvalue weighted by molar-refractivity contribution is 5.23. The predicted octanol–water partition coefficient (Wildman–Crippen LogP) is 15.4. The van der Waals surface area contributed by atoms with Crippen molar-refractivity contribution in [3.63, 3.8) is 0 Å². The normalized spacial score (nSPS) is 14.4. The topological polar surface area (TPSA) is 0 Å². The molecule has 5 aromatic carbocycles. The van der Waals surface area contributed by atoms with Crippen molar-refractivity contribution in [2.75, 3.05) is 0 Å². The molecule has 0 heterocycles. The van der Waals surface area contributed by atoms with Gasteiger partial charge in [0.2, 0.25) is 0 Å².